The fourth-order valence-electron chi connectivity index (χ4n) is 3.25. The standard InChI is InChI=1S/C19H27NO2.ClH/c1-4-6-15(9-14-10-18(21)13-19(22)11-14)16-7-8-20(3)17(5-2)12-16;/h5,7,10-11,13,15,21-22H,4,6,8-9,12H2,1-3H3;1H/b17-5+;. The summed E-state index contributed by atoms with van der Waals surface area (Å²) >= 11 is 0. The van der Waals surface area contributed by atoms with Crippen molar-refractivity contribution >= 4 is 12.4 Å². The molecule has 1 atom stereocenters. The lowest BCUT2D eigenvalue weighted by Crippen LogP contribution is -2.25. The number of phenolic OH excluding ortho intramolecular Hbond substituents is 2. The first-order valence-corrected chi connectivity index (χ1v) is 8.10. The van der Waals surface area contributed by atoms with Crippen molar-refractivity contribution < 1.29 is 10.2 Å². The molecule has 0 amide bonds. The van der Waals surface area contributed by atoms with E-state index in [1.807, 2.05) is 0 Å². The summed E-state index contributed by atoms with van der Waals surface area (Å²) in [7, 11) is 2.13. The summed E-state index contributed by atoms with van der Waals surface area (Å²) in [5, 5.41) is 19.3. The maximum Gasteiger partial charge on any atom is 0.119 e. The molecule has 1 aliphatic rings. The highest BCUT2D eigenvalue weighted by Crippen LogP contribution is 2.32. The molecular formula is C19H28ClNO2. The molecule has 23 heavy (non-hydrogen) atoms. The van der Waals surface area contributed by atoms with E-state index < -0.39 is 0 Å². The van der Waals surface area contributed by atoms with Gasteiger partial charge in [-0.1, -0.05) is 31.1 Å². The summed E-state index contributed by atoms with van der Waals surface area (Å²) in [5.41, 5.74) is 3.85. The number of hydrogen-bond acceptors (Lipinski definition) is 3. The van der Waals surface area contributed by atoms with Gasteiger partial charge in [-0.2, -0.15) is 0 Å². The highest BCUT2D eigenvalue weighted by Gasteiger charge is 2.20. The lowest BCUT2D eigenvalue weighted by Gasteiger charge is -2.31. The molecular weight excluding hydrogens is 310 g/mol. The molecule has 1 aliphatic heterocycles. The van der Waals surface area contributed by atoms with E-state index in [-0.39, 0.29) is 23.9 Å². The highest BCUT2D eigenvalue weighted by molar-refractivity contribution is 5.85. The maximum absolute atomic E-state index is 9.67. The summed E-state index contributed by atoms with van der Waals surface area (Å²) in [6.07, 6.45) is 8.66. The van der Waals surface area contributed by atoms with Crippen molar-refractivity contribution in [3.8, 4) is 11.5 Å². The molecule has 0 saturated heterocycles. The van der Waals surface area contributed by atoms with E-state index in [9.17, 15) is 10.2 Å². The number of rotatable bonds is 5. The van der Waals surface area contributed by atoms with Gasteiger partial charge in [0, 0.05) is 31.8 Å². The number of aromatic hydroxyl groups is 2. The smallest absolute Gasteiger partial charge is 0.119 e. The Balaban J connectivity index is 0.00000264. The first-order chi connectivity index (χ1) is 10.5. The number of phenols is 2. The van der Waals surface area contributed by atoms with Crippen molar-refractivity contribution in [1.29, 1.82) is 0 Å². The van der Waals surface area contributed by atoms with Crippen LogP contribution in [-0.4, -0.2) is 28.7 Å². The molecule has 0 aliphatic carbocycles. The second kappa shape index (κ2) is 8.88. The zero-order valence-corrected chi connectivity index (χ0v) is 15.1. The molecule has 0 aromatic heterocycles. The average molecular weight is 338 g/mol. The minimum absolute atomic E-state index is 0. The van der Waals surface area contributed by atoms with E-state index in [1.54, 1.807) is 12.1 Å². The summed E-state index contributed by atoms with van der Waals surface area (Å²) in [6.45, 7) is 5.26. The van der Waals surface area contributed by atoms with Gasteiger partial charge in [-0.05, 0) is 43.4 Å². The van der Waals surface area contributed by atoms with E-state index in [2.05, 4.69) is 37.9 Å². The van der Waals surface area contributed by atoms with Gasteiger partial charge >= 0.3 is 0 Å². The second-order valence-electron chi connectivity index (χ2n) is 6.16. The van der Waals surface area contributed by atoms with Crippen LogP contribution in [0.3, 0.4) is 0 Å². The van der Waals surface area contributed by atoms with Crippen molar-refractivity contribution in [3.05, 3.63) is 47.2 Å². The lowest BCUT2D eigenvalue weighted by atomic mass is 9.84. The minimum Gasteiger partial charge on any atom is -0.508 e. The zero-order chi connectivity index (χ0) is 16.1. The Bertz CT molecular complexity index is 560. The Morgan fingerprint density at radius 1 is 1.22 bits per heavy atom. The van der Waals surface area contributed by atoms with Gasteiger partial charge in [0.25, 0.3) is 0 Å². The minimum atomic E-state index is 0. The van der Waals surface area contributed by atoms with Crippen molar-refractivity contribution in [3.63, 3.8) is 0 Å². The van der Waals surface area contributed by atoms with Crippen LogP contribution in [0.5, 0.6) is 11.5 Å². The highest BCUT2D eigenvalue weighted by atomic mass is 35.5. The second-order valence-corrected chi connectivity index (χ2v) is 6.16. The Kier molecular flexibility index (Phi) is 7.50. The summed E-state index contributed by atoms with van der Waals surface area (Å²) < 4.78 is 0. The number of halogens is 1. The van der Waals surface area contributed by atoms with Crippen molar-refractivity contribution in [1.82, 2.24) is 4.90 Å². The van der Waals surface area contributed by atoms with Crippen molar-refractivity contribution in [2.45, 2.75) is 39.5 Å². The molecule has 0 bridgehead atoms. The quantitative estimate of drug-likeness (QED) is 0.769. The monoisotopic (exact) mass is 337 g/mol. The van der Waals surface area contributed by atoms with Gasteiger partial charge in [0.05, 0.1) is 0 Å². The van der Waals surface area contributed by atoms with E-state index in [0.717, 1.165) is 37.8 Å². The Morgan fingerprint density at radius 3 is 2.43 bits per heavy atom. The molecule has 0 fully saturated rings. The van der Waals surface area contributed by atoms with E-state index >= 15 is 0 Å². The zero-order valence-electron chi connectivity index (χ0n) is 14.2. The topological polar surface area (TPSA) is 43.7 Å². The van der Waals surface area contributed by atoms with Crippen LogP contribution in [0.4, 0.5) is 0 Å². The number of nitrogens with zero attached hydrogens (tertiary/aromatic N) is 1. The summed E-state index contributed by atoms with van der Waals surface area (Å²) in [4.78, 5) is 2.28. The van der Waals surface area contributed by atoms with Gasteiger partial charge in [-0.15, -0.1) is 12.4 Å². The van der Waals surface area contributed by atoms with Gasteiger partial charge in [0.1, 0.15) is 11.5 Å². The Morgan fingerprint density at radius 2 is 1.87 bits per heavy atom. The number of hydrogen-bond donors (Lipinski definition) is 2. The van der Waals surface area contributed by atoms with Crippen molar-refractivity contribution in [2.24, 2.45) is 5.92 Å². The molecule has 0 spiro atoms. The largest absolute Gasteiger partial charge is 0.508 e. The van der Waals surface area contributed by atoms with E-state index in [0.29, 0.717) is 5.92 Å². The number of likely N-dealkylation sites (N-methyl/N-ethyl adjacent to an activating group) is 1. The van der Waals surface area contributed by atoms with Gasteiger partial charge in [-0.25, -0.2) is 0 Å². The molecule has 2 rings (SSSR count). The molecule has 1 unspecified atom stereocenters. The molecule has 0 saturated carbocycles. The molecule has 1 heterocycles. The molecule has 3 nitrogen and oxygen atoms in total. The van der Waals surface area contributed by atoms with Crippen LogP contribution in [0, 0.1) is 5.92 Å². The first-order valence-electron chi connectivity index (χ1n) is 8.10. The van der Waals surface area contributed by atoms with E-state index in [1.165, 1.54) is 17.3 Å². The molecule has 1 aromatic rings. The lowest BCUT2D eigenvalue weighted by molar-refractivity contribution is 0.411. The van der Waals surface area contributed by atoms with Crippen LogP contribution in [0.2, 0.25) is 0 Å². The predicted octanol–water partition coefficient (Wildman–Crippen LogP) is 4.64. The normalized spacial score (nSPS) is 17.6. The number of benzene rings is 1. The van der Waals surface area contributed by atoms with Crippen LogP contribution in [0.1, 0.15) is 38.7 Å². The molecule has 128 valence electrons. The molecule has 4 heteroatoms. The van der Waals surface area contributed by atoms with Crippen LogP contribution >= 0.6 is 12.4 Å². The predicted molar refractivity (Wildman–Crippen MR) is 98.2 cm³/mol. The van der Waals surface area contributed by atoms with Crippen LogP contribution in [0.25, 0.3) is 0 Å². The third-order valence-electron chi connectivity index (χ3n) is 4.44. The average Bonchev–Trinajstić information content (AvgIpc) is 2.46. The SMILES string of the molecule is C/C=C1\CC(C(CCC)Cc2cc(O)cc(O)c2)=CCN1C.Cl. The Hall–Kier alpha value is -1.61. The van der Waals surface area contributed by atoms with Gasteiger partial charge in [-0.3, -0.25) is 0 Å². The van der Waals surface area contributed by atoms with Crippen LogP contribution in [-0.2, 0) is 6.42 Å². The third kappa shape index (κ3) is 5.21. The number of allylic oxidation sites excluding steroid dienone is 2. The Labute approximate surface area is 145 Å². The molecule has 2 N–H and O–H groups in total. The summed E-state index contributed by atoms with van der Waals surface area (Å²) in [6, 6.07) is 4.90. The fourth-order valence-corrected chi connectivity index (χ4v) is 3.25. The molecule has 0 radical (unpaired) electrons. The first kappa shape index (κ1) is 19.4. The van der Waals surface area contributed by atoms with Crippen LogP contribution in [0.15, 0.2) is 41.6 Å². The fraction of sp³-hybridized carbons (Fsp3) is 0.474. The van der Waals surface area contributed by atoms with Gasteiger partial charge < -0.3 is 15.1 Å². The maximum atomic E-state index is 9.67. The van der Waals surface area contributed by atoms with Crippen LogP contribution < -0.4 is 0 Å². The third-order valence-corrected chi connectivity index (χ3v) is 4.44. The molecule has 1 aromatic carbocycles. The van der Waals surface area contributed by atoms with Gasteiger partial charge in [0.2, 0.25) is 0 Å². The van der Waals surface area contributed by atoms with E-state index in [4.69, 9.17) is 0 Å². The summed E-state index contributed by atoms with van der Waals surface area (Å²) in [5.74, 6) is 0.739. The van der Waals surface area contributed by atoms with Gasteiger partial charge in [0.15, 0.2) is 0 Å². The van der Waals surface area contributed by atoms with Crippen molar-refractivity contribution in [2.75, 3.05) is 13.6 Å².